The van der Waals surface area contributed by atoms with E-state index in [0.29, 0.717) is 17.7 Å². The molecule has 0 saturated heterocycles. The van der Waals surface area contributed by atoms with E-state index in [1.54, 1.807) is 37.8 Å². The summed E-state index contributed by atoms with van der Waals surface area (Å²) in [7, 11) is 0. The third-order valence-corrected chi connectivity index (χ3v) is 7.37. The molecule has 0 spiro atoms. The molecule has 2 aromatic carbocycles. The van der Waals surface area contributed by atoms with Gasteiger partial charge in [0.2, 0.25) is 11.8 Å². The van der Waals surface area contributed by atoms with Gasteiger partial charge in [-0.25, -0.2) is 4.79 Å². The molecule has 0 fully saturated rings. The zero-order chi connectivity index (χ0) is 32.5. The molecule has 0 aliphatic heterocycles. The highest BCUT2D eigenvalue weighted by molar-refractivity contribution is 5.92. The Morgan fingerprint density at radius 3 is 2.11 bits per heavy atom. The fourth-order valence-electron chi connectivity index (χ4n) is 5.19. The first kappa shape index (κ1) is 36.4. The zero-order valence-electron chi connectivity index (χ0n) is 27.7. The van der Waals surface area contributed by atoms with E-state index in [1.165, 1.54) is 6.42 Å². The first-order valence-electron chi connectivity index (χ1n) is 16.2. The number of rotatable bonds is 17. The second-order valence-corrected chi connectivity index (χ2v) is 12.6. The molecule has 0 heterocycles. The minimum Gasteiger partial charge on any atom is -0.444 e. The summed E-state index contributed by atoms with van der Waals surface area (Å²) in [5.74, 6) is 2.03. The van der Waals surface area contributed by atoms with Crippen LogP contribution >= 0.6 is 0 Å². The number of carbonyl (C=O) groups is 3. The van der Waals surface area contributed by atoms with Crippen LogP contribution in [0.25, 0.3) is 0 Å². The summed E-state index contributed by atoms with van der Waals surface area (Å²) in [5, 5.41) is 5.97. The SMILES string of the molecule is C#Cc1ccc(C(C(=O)NC(C)CCC)N(CCCCCCCC)C(=O)C(Cc2ccccc2)NC(=O)OC(C)(C)C)cc1. The molecular weight excluding hydrogens is 550 g/mol. The van der Waals surface area contributed by atoms with Crippen molar-refractivity contribution in [3.63, 3.8) is 0 Å². The van der Waals surface area contributed by atoms with Crippen molar-refractivity contribution >= 4 is 17.9 Å². The van der Waals surface area contributed by atoms with Crippen LogP contribution in [0.4, 0.5) is 4.79 Å². The highest BCUT2D eigenvalue weighted by Crippen LogP contribution is 2.25. The molecule has 2 aromatic rings. The molecular formula is C37H53N3O4. The number of hydrogen-bond acceptors (Lipinski definition) is 4. The largest absolute Gasteiger partial charge is 0.444 e. The minimum atomic E-state index is -0.944. The number of unbranched alkanes of at least 4 members (excludes halogenated alkanes) is 5. The van der Waals surface area contributed by atoms with Gasteiger partial charge in [0.15, 0.2) is 0 Å². The molecule has 3 unspecified atom stereocenters. The molecule has 7 nitrogen and oxygen atoms in total. The van der Waals surface area contributed by atoms with Crippen molar-refractivity contribution < 1.29 is 19.1 Å². The maximum absolute atomic E-state index is 14.6. The maximum atomic E-state index is 14.6. The monoisotopic (exact) mass is 603 g/mol. The molecule has 0 radical (unpaired) electrons. The Balaban J connectivity index is 2.55. The van der Waals surface area contributed by atoms with Gasteiger partial charge in [-0.1, -0.05) is 101 Å². The van der Waals surface area contributed by atoms with Crippen LogP contribution in [0.2, 0.25) is 0 Å². The molecule has 44 heavy (non-hydrogen) atoms. The Morgan fingerprint density at radius 2 is 1.52 bits per heavy atom. The van der Waals surface area contributed by atoms with Crippen LogP contribution in [-0.4, -0.2) is 47.0 Å². The normalized spacial score (nSPS) is 13.2. The van der Waals surface area contributed by atoms with Crippen LogP contribution in [0.5, 0.6) is 0 Å². The van der Waals surface area contributed by atoms with Gasteiger partial charge in [0, 0.05) is 24.6 Å². The number of hydrogen-bond donors (Lipinski definition) is 2. The van der Waals surface area contributed by atoms with Crippen LogP contribution in [0.3, 0.4) is 0 Å². The lowest BCUT2D eigenvalue weighted by Gasteiger charge is -2.35. The Kier molecular flexibility index (Phi) is 15.5. The van der Waals surface area contributed by atoms with Crippen molar-refractivity contribution in [2.24, 2.45) is 0 Å². The summed E-state index contributed by atoms with van der Waals surface area (Å²) in [5.41, 5.74) is 1.51. The topological polar surface area (TPSA) is 87.7 Å². The van der Waals surface area contributed by atoms with Crippen molar-refractivity contribution in [3.05, 3.63) is 71.3 Å². The fraction of sp³-hybridized carbons (Fsp3) is 0.541. The predicted molar refractivity (Wildman–Crippen MR) is 178 cm³/mol. The Hall–Kier alpha value is -3.79. The molecule has 0 aromatic heterocycles. The summed E-state index contributed by atoms with van der Waals surface area (Å²) in [6.07, 6.45) is 13.1. The Labute approximate surface area is 265 Å². The average Bonchev–Trinajstić information content (AvgIpc) is 2.97. The summed E-state index contributed by atoms with van der Waals surface area (Å²) in [6.45, 7) is 11.9. The smallest absolute Gasteiger partial charge is 0.408 e. The Morgan fingerprint density at radius 1 is 0.886 bits per heavy atom. The van der Waals surface area contributed by atoms with Crippen LogP contribution in [0.1, 0.15) is 116 Å². The third kappa shape index (κ3) is 12.8. The van der Waals surface area contributed by atoms with Crippen molar-refractivity contribution in [2.45, 2.75) is 123 Å². The highest BCUT2D eigenvalue weighted by atomic mass is 16.6. The van der Waals surface area contributed by atoms with Gasteiger partial charge in [0.25, 0.3) is 0 Å². The van der Waals surface area contributed by atoms with E-state index in [0.717, 1.165) is 50.5 Å². The lowest BCUT2D eigenvalue weighted by atomic mass is 9.98. The maximum Gasteiger partial charge on any atom is 0.408 e. The van der Waals surface area contributed by atoms with E-state index in [1.807, 2.05) is 49.4 Å². The van der Waals surface area contributed by atoms with Gasteiger partial charge >= 0.3 is 6.09 Å². The minimum absolute atomic E-state index is 0.0639. The predicted octanol–water partition coefficient (Wildman–Crippen LogP) is 7.34. The third-order valence-electron chi connectivity index (χ3n) is 7.37. The van der Waals surface area contributed by atoms with E-state index >= 15 is 0 Å². The highest BCUT2D eigenvalue weighted by Gasteiger charge is 2.36. The first-order valence-corrected chi connectivity index (χ1v) is 16.2. The molecule has 3 amide bonds. The number of amides is 3. The van der Waals surface area contributed by atoms with Gasteiger partial charge in [0.1, 0.15) is 17.7 Å². The standard InChI is InChI=1S/C37H53N3O4/c1-8-11-12-13-14-18-26-40(33(34(41)38-28(4)19-9-2)31-24-22-29(10-3)23-25-31)35(42)32(27-30-20-16-15-17-21-30)39-36(43)44-37(5,6)7/h3,15-17,20-25,28,32-33H,8-9,11-14,18-19,26-27H2,1-2,4-7H3,(H,38,41)(H,39,43). The molecule has 0 aliphatic carbocycles. The van der Waals surface area contributed by atoms with Crippen molar-refractivity contribution in [1.29, 1.82) is 0 Å². The molecule has 0 saturated carbocycles. The van der Waals surface area contributed by atoms with Crippen LogP contribution in [0.15, 0.2) is 54.6 Å². The van der Waals surface area contributed by atoms with Gasteiger partial charge in [-0.05, 0) is 63.8 Å². The van der Waals surface area contributed by atoms with E-state index in [9.17, 15) is 14.4 Å². The number of nitrogens with zero attached hydrogens (tertiary/aromatic N) is 1. The van der Waals surface area contributed by atoms with Crippen LogP contribution < -0.4 is 10.6 Å². The summed E-state index contributed by atoms with van der Waals surface area (Å²) in [6, 6.07) is 14.9. The molecule has 240 valence electrons. The molecule has 7 heteroatoms. The van der Waals surface area contributed by atoms with Crippen molar-refractivity contribution in [3.8, 4) is 12.3 Å². The van der Waals surface area contributed by atoms with Gasteiger partial charge in [-0.2, -0.15) is 0 Å². The van der Waals surface area contributed by atoms with Gasteiger partial charge in [-0.3, -0.25) is 9.59 Å². The van der Waals surface area contributed by atoms with E-state index in [2.05, 4.69) is 30.4 Å². The molecule has 2 N–H and O–H groups in total. The summed E-state index contributed by atoms with van der Waals surface area (Å²) in [4.78, 5) is 43.3. The lowest BCUT2D eigenvalue weighted by Crippen LogP contribution is -2.54. The van der Waals surface area contributed by atoms with E-state index < -0.39 is 23.8 Å². The molecule has 2 rings (SSSR count). The van der Waals surface area contributed by atoms with Gasteiger partial charge < -0.3 is 20.3 Å². The first-order chi connectivity index (χ1) is 21.0. The number of nitrogens with one attached hydrogen (secondary N) is 2. The summed E-state index contributed by atoms with van der Waals surface area (Å²) < 4.78 is 5.55. The number of carbonyl (C=O) groups excluding carboxylic acids is 3. The average molecular weight is 604 g/mol. The quantitative estimate of drug-likeness (QED) is 0.146. The zero-order valence-corrected chi connectivity index (χ0v) is 27.7. The second-order valence-electron chi connectivity index (χ2n) is 12.6. The number of alkyl carbamates (subject to hydrolysis) is 1. The van der Waals surface area contributed by atoms with E-state index in [4.69, 9.17) is 11.2 Å². The van der Waals surface area contributed by atoms with Crippen molar-refractivity contribution in [2.75, 3.05) is 6.54 Å². The number of benzene rings is 2. The lowest BCUT2D eigenvalue weighted by molar-refractivity contribution is -0.142. The molecule has 0 bridgehead atoms. The van der Waals surface area contributed by atoms with E-state index in [-0.39, 0.29) is 24.3 Å². The van der Waals surface area contributed by atoms with Crippen molar-refractivity contribution in [1.82, 2.24) is 15.5 Å². The van der Waals surface area contributed by atoms with Crippen LogP contribution in [-0.2, 0) is 20.7 Å². The van der Waals surface area contributed by atoms with Gasteiger partial charge in [-0.15, -0.1) is 6.42 Å². The van der Waals surface area contributed by atoms with Gasteiger partial charge in [0.05, 0.1) is 0 Å². The van der Waals surface area contributed by atoms with Crippen LogP contribution in [0, 0.1) is 12.3 Å². The summed E-state index contributed by atoms with van der Waals surface area (Å²) >= 11 is 0. The fourth-order valence-corrected chi connectivity index (χ4v) is 5.19. The molecule has 3 atom stereocenters. The second kappa shape index (κ2) is 18.8. The molecule has 0 aliphatic rings. The Bertz CT molecular complexity index is 1200. The number of terminal acetylenes is 1. The number of ether oxygens (including phenoxy) is 1.